The van der Waals surface area contributed by atoms with Gasteiger partial charge in [-0.25, -0.2) is 4.18 Å². The van der Waals surface area contributed by atoms with Crippen LogP contribution in [0.25, 0.3) is 0 Å². The fourth-order valence-corrected chi connectivity index (χ4v) is 9.19. The van der Waals surface area contributed by atoms with E-state index in [1.165, 1.54) is 179 Å². The maximum absolute atomic E-state index is 13.0. The molecule has 1 rings (SSSR count). The molecule has 68 heavy (non-hydrogen) atoms. The predicted molar refractivity (Wildman–Crippen MR) is 274 cm³/mol. The zero-order valence-electron chi connectivity index (χ0n) is 42.8. The van der Waals surface area contributed by atoms with Crippen molar-refractivity contribution in [3.63, 3.8) is 0 Å². The molecule has 7 N–H and O–H groups in total. The number of aliphatic hydroxyl groups excluding tert-OH is 5. The molecule has 0 radical (unpaired) electrons. The summed E-state index contributed by atoms with van der Waals surface area (Å²) in [6, 6.07) is -1.12. The van der Waals surface area contributed by atoms with Gasteiger partial charge in [0.2, 0.25) is 5.91 Å². The molecule has 0 bridgehead atoms. The summed E-state index contributed by atoms with van der Waals surface area (Å²) in [7, 11) is -5.11. The molecule has 14 heteroatoms. The third kappa shape index (κ3) is 35.4. The van der Waals surface area contributed by atoms with Gasteiger partial charge in [0.05, 0.1) is 25.4 Å². The van der Waals surface area contributed by atoms with Crippen LogP contribution in [0.1, 0.15) is 239 Å². The molecular formula is C54H101NO12S. The van der Waals surface area contributed by atoms with Crippen molar-refractivity contribution in [2.75, 3.05) is 13.2 Å². The van der Waals surface area contributed by atoms with E-state index < -0.39 is 78.5 Å². The summed E-state index contributed by atoms with van der Waals surface area (Å²) in [5.74, 6) is -0.713. The summed E-state index contributed by atoms with van der Waals surface area (Å²) in [6.07, 6.45) is 44.2. The van der Waals surface area contributed by atoms with Gasteiger partial charge in [-0.2, -0.15) is 8.42 Å². The highest BCUT2D eigenvalue weighted by atomic mass is 32.3. The number of aliphatic hydroxyl groups is 5. The van der Waals surface area contributed by atoms with E-state index in [9.17, 15) is 38.7 Å². The Hall–Kier alpha value is -1.72. The van der Waals surface area contributed by atoms with Crippen molar-refractivity contribution in [1.82, 2.24) is 5.32 Å². The lowest BCUT2D eigenvalue weighted by atomic mass is 9.99. The highest BCUT2D eigenvalue weighted by Gasteiger charge is 2.48. The van der Waals surface area contributed by atoms with Crippen LogP contribution >= 0.6 is 0 Å². The molecule has 0 spiro atoms. The third-order valence-electron chi connectivity index (χ3n) is 13.0. The first-order valence-electron chi connectivity index (χ1n) is 27.5. The van der Waals surface area contributed by atoms with E-state index in [0.717, 1.165) is 32.1 Å². The Morgan fingerprint density at radius 1 is 0.603 bits per heavy atom. The summed E-state index contributed by atoms with van der Waals surface area (Å²) >= 11 is 0. The first kappa shape index (κ1) is 64.3. The van der Waals surface area contributed by atoms with Crippen molar-refractivity contribution in [3.8, 4) is 0 Å². The van der Waals surface area contributed by atoms with Gasteiger partial charge >= 0.3 is 10.4 Å². The highest BCUT2D eigenvalue weighted by Crippen LogP contribution is 2.26. The Morgan fingerprint density at radius 2 is 1.04 bits per heavy atom. The van der Waals surface area contributed by atoms with Crippen LogP contribution in [0.15, 0.2) is 36.5 Å². The summed E-state index contributed by atoms with van der Waals surface area (Å²) in [6.45, 7) is 2.97. The van der Waals surface area contributed by atoms with Crippen LogP contribution in [0.3, 0.4) is 0 Å². The second-order valence-electron chi connectivity index (χ2n) is 19.3. The quantitative estimate of drug-likeness (QED) is 0.0172. The van der Waals surface area contributed by atoms with E-state index in [0.29, 0.717) is 12.8 Å². The average Bonchev–Trinajstić information content (AvgIpc) is 3.31. The molecular weight excluding hydrogens is 887 g/mol. The molecule has 0 aromatic carbocycles. The maximum atomic E-state index is 13.0. The van der Waals surface area contributed by atoms with E-state index in [2.05, 4.69) is 40.7 Å². The molecule has 0 aromatic heterocycles. The van der Waals surface area contributed by atoms with Crippen molar-refractivity contribution >= 4 is 16.3 Å². The van der Waals surface area contributed by atoms with Crippen LogP contribution in [0, 0.1) is 0 Å². The van der Waals surface area contributed by atoms with Crippen LogP contribution < -0.4 is 5.32 Å². The fraction of sp³-hybridized carbons (Fsp3) is 0.870. The van der Waals surface area contributed by atoms with E-state index in [-0.39, 0.29) is 6.42 Å². The standard InChI is InChI=1S/C54H101NO12S/c1-3-5-7-8-9-10-11-12-13-14-15-16-17-18-19-20-21-22-23-24-25-26-27-28-29-30-31-32-33-34-35-36-37-38-39-41-43-48(58)53(61)55-46(47(57)42-40-6-4-2)45-65-54-51(60)52(67-68(62,63)64)50(59)49(44-56)66-54/h19-20,22-23,40,42,46-52,54,56-60H,3-18,21,24-39,41,43-45H2,1-2H3,(H,55,61)(H,62,63,64)/b20-19-,23-22-,42-40+. The molecule has 1 fully saturated rings. The fourth-order valence-electron chi connectivity index (χ4n) is 8.68. The molecule has 1 aliphatic heterocycles. The molecule has 1 saturated heterocycles. The molecule has 400 valence electrons. The van der Waals surface area contributed by atoms with E-state index in [4.69, 9.17) is 14.0 Å². The van der Waals surface area contributed by atoms with E-state index in [1.807, 2.05) is 6.92 Å². The average molecular weight is 988 g/mol. The Bertz CT molecular complexity index is 1360. The molecule has 0 saturated carbocycles. The van der Waals surface area contributed by atoms with Gasteiger partial charge in [0, 0.05) is 0 Å². The van der Waals surface area contributed by atoms with Gasteiger partial charge in [0.15, 0.2) is 6.29 Å². The number of allylic oxidation sites excluding steroid dienone is 5. The van der Waals surface area contributed by atoms with Gasteiger partial charge in [-0.3, -0.25) is 9.35 Å². The largest absolute Gasteiger partial charge is 0.397 e. The zero-order valence-corrected chi connectivity index (χ0v) is 43.6. The number of rotatable bonds is 47. The van der Waals surface area contributed by atoms with Crippen LogP contribution in [0.4, 0.5) is 0 Å². The monoisotopic (exact) mass is 988 g/mol. The van der Waals surface area contributed by atoms with Crippen molar-refractivity contribution in [2.24, 2.45) is 0 Å². The number of unbranched alkanes of at least 4 members (excludes halogenated alkanes) is 30. The lowest BCUT2D eigenvalue weighted by Gasteiger charge is -2.41. The molecule has 8 atom stereocenters. The number of carbonyl (C=O) groups is 1. The summed E-state index contributed by atoms with van der Waals surface area (Å²) in [5.41, 5.74) is 0. The highest BCUT2D eigenvalue weighted by molar-refractivity contribution is 7.80. The number of hydrogen-bond acceptors (Lipinski definition) is 11. The zero-order chi connectivity index (χ0) is 49.9. The summed E-state index contributed by atoms with van der Waals surface area (Å²) < 4.78 is 47.1. The Morgan fingerprint density at radius 3 is 1.47 bits per heavy atom. The van der Waals surface area contributed by atoms with Crippen molar-refractivity contribution in [2.45, 2.75) is 288 Å². The Balaban J connectivity index is 2.06. The number of amides is 1. The maximum Gasteiger partial charge on any atom is 0.397 e. The Kier molecular flexibility index (Phi) is 41.6. The minimum atomic E-state index is -5.11. The molecule has 0 aliphatic carbocycles. The number of carbonyl (C=O) groups excluding carboxylic acids is 1. The number of nitrogens with one attached hydrogen (secondary N) is 1. The van der Waals surface area contributed by atoms with Crippen molar-refractivity contribution in [3.05, 3.63) is 36.5 Å². The Labute approximate surface area is 414 Å². The van der Waals surface area contributed by atoms with Gasteiger partial charge in [-0.15, -0.1) is 0 Å². The van der Waals surface area contributed by atoms with Gasteiger partial charge < -0.3 is 40.3 Å². The first-order valence-corrected chi connectivity index (χ1v) is 28.8. The van der Waals surface area contributed by atoms with Crippen LogP contribution in [-0.2, 0) is 28.9 Å². The van der Waals surface area contributed by atoms with E-state index >= 15 is 0 Å². The first-order chi connectivity index (χ1) is 32.9. The van der Waals surface area contributed by atoms with Crippen LogP contribution in [-0.4, -0.2) is 107 Å². The van der Waals surface area contributed by atoms with Gasteiger partial charge in [0.25, 0.3) is 0 Å². The van der Waals surface area contributed by atoms with Crippen LogP contribution in [0.5, 0.6) is 0 Å². The van der Waals surface area contributed by atoms with Crippen LogP contribution in [0.2, 0.25) is 0 Å². The molecule has 13 nitrogen and oxygen atoms in total. The lowest BCUT2D eigenvalue weighted by Crippen LogP contribution is -2.61. The number of hydrogen-bond donors (Lipinski definition) is 7. The summed E-state index contributed by atoms with van der Waals surface area (Å²) in [4.78, 5) is 13.0. The molecule has 1 amide bonds. The second kappa shape index (κ2) is 44.0. The SMILES string of the molecule is CCC/C=C/C(O)C(COC1OC(CO)C(O)C(OS(=O)(=O)O)C1O)NC(=O)C(O)CCCCCCCCCCCCCCCCCC/C=C\C/C=C\CCCCCCCCCCCCCCC. The smallest absolute Gasteiger partial charge is 0.394 e. The van der Waals surface area contributed by atoms with E-state index in [1.54, 1.807) is 6.08 Å². The van der Waals surface area contributed by atoms with Gasteiger partial charge in [-0.1, -0.05) is 230 Å². The van der Waals surface area contributed by atoms with Crippen molar-refractivity contribution in [1.29, 1.82) is 0 Å². The summed E-state index contributed by atoms with van der Waals surface area (Å²) in [5, 5.41) is 54.5. The predicted octanol–water partition coefficient (Wildman–Crippen LogP) is 11.2. The van der Waals surface area contributed by atoms with Gasteiger partial charge in [-0.05, 0) is 44.9 Å². The number of ether oxygens (including phenoxy) is 2. The molecule has 8 unspecified atom stereocenters. The minimum Gasteiger partial charge on any atom is -0.394 e. The topological polar surface area (TPSA) is 212 Å². The van der Waals surface area contributed by atoms with Gasteiger partial charge in [0.1, 0.15) is 30.5 Å². The molecule has 1 heterocycles. The second-order valence-corrected chi connectivity index (χ2v) is 20.4. The lowest BCUT2D eigenvalue weighted by molar-refractivity contribution is -0.298. The van der Waals surface area contributed by atoms with Crippen molar-refractivity contribution < 1.29 is 57.0 Å². The third-order valence-corrected chi connectivity index (χ3v) is 13.5. The molecule has 0 aromatic rings. The normalized spacial score (nSPS) is 20.5. The minimum absolute atomic E-state index is 0.241. The molecule has 1 aliphatic rings.